The second kappa shape index (κ2) is 13.8. The first-order chi connectivity index (χ1) is 11.1. The van der Waals surface area contributed by atoms with Crippen LogP contribution in [0.2, 0.25) is 0 Å². The summed E-state index contributed by atoms with van der Waals surface area (Å²) in [5, 5.41) is 88.3. The predicted molar refractivity (Wildman–Crippen MR) is 80.3 cm³/mol. The molecule has 12 heteroatoms. The lowest BCUT2D eigenvalue weighted by Crippen LogP contribution is -2.48. The van der Waals surface area contributed by atoms with E-state index in [2.05, 4.69) is 0 Å². The number of nitrogens with two attached hydrogens (primary N) is 2. The predicted octanol–water partition coefficient (Wildman–Crippen LogP) is -7.24. The molecule has 0 amide bonds. The van der Waals surface area contributed by atoms with Crippen molar-refractivity contribution in [3.8, 4) is 0 Å². The van der Waals surface area contributed by atoms with Gasteiger partial charge in [-0.15, -0.1) is 0 Å². The minimum atomic E-state index is -1.59. The second-order valence-electron chi connectivity index (χ2n) is 5.07. The van der Waals surface area contributed by atoms with Crippen LogP contribution in [0.5, 0.6) is 0 Å². The van der Waals surface area contributed by atoms with Crippen LogP contribution in [0.4, 0.5) is 0 Å². The van der Waals surface area contributed by atoms with Crippen LogP contribution < -0.4 is 11.5 Å². The van der Waals surface area contributed by atoms with E-state index in [9.17, 15) is 0 Å². The lowest BCUT2D eigenvalue weighted by atomic mass is 10.0. The molecule has 0 aliphatic carbocycles. The molecule has 24 heavy (non-hydrogen) atoms. The van der Waals surface area contributed by atoms with E-state index < -0.39 is 62.0 Å². The first-order valence-corrected chi connectivity index (χ1v) is 7.15. The molecule has 0 aliphatic heterocycles. The molecule has 0 aromatic heterocycles. The van der Waals surface area contributed by atoms with E-state index in [0.717, 1.165) is 0 Å². The molecule has 0 radical (unpaired) electrons. The van der Waals surface area contributed by atoms with Crippen LogP contribution in [-0.2, 0) is 0 Å². The first-order valence-electron chi connectivity index (χ1n) is 7.15. The highest BCUT2D eigenvalue weighted by Crippen LogP contribution is 2.04. The smallest absolute Gasteiger partial charge is 0.111 e. The minimum Gasteiger partial charge on any atom is -0.394 e. The molecule has 0 bridgehead atoms. The van der Waals surface area contributed by atoms with Crippen molar-refractivity contribution in [2.45, 2.75) is 48.8 Å². The van der Waals surface area contributed by atoms with Gasteiger partial charge in [0.25, 0.3) is 0 Å². The Morgan fingerprint density at radius 3 is 0.833 bits per heavy atom. The van der Waals surface area contributed by atoms with Crippen molar-refractivity contribution in [1.82, 2.24) is 0 Å². The van der Waals surface area contributed by atoms with E-state index in [1.807, 2.05) is 0 Å². The highest BCUT2D eigenvalue weighted by molar-refractivity contribution is 4.81. The zero-order valence-corrected chi connectivity index (χ0v) is 13.1. The molecule has 0 saturated carbocycles. The van der Waals surface area contributed by atoms with Crippen molar-refractivity contribution in [3.63, 3.8) is 0 Å². The maximum Gasteiger partial charge on any atom is 0.111 e. The van der Waals surface area contributed by atoms with E-state index >= 15 is 0 Å². The van der Waals surface area contributed by atoms with Gasteiger partial charge >= 0.3 is 0 Å². The average molecular weight is 362 g/mol. The fraction of sp³-hybridized carbons (Fsp3) is 1.00. The van der Waals surface area contributed by atoms with Crippen molar-refractivity contribution in [3.05, 3.63) is 0 Å². The van der Waals surface area contributed by atoms with Gasteiger partial charge < -0.3 is 62.5 Å². The maximum atomic E-state index is 9.04. The Morgan fingerprint density at radius 1 is 0.458 bits per heavy atom. The van der Waals surface area contributed by atoms with Crippen LogP contribution in [0, 0.1) is 0 Å². The SMILES string of the molecule is NC[C@@H](O)[C@H](O)[C@@H](O)[C@H](O)CO.NC[C@H](O)[C@@H](O)[C@@H](O)[C@H](O)CO. The standard InChI is InChI=1S/2C6H15NO5/c2*7-1-3(9)5(11)6(12)4(10)2-8/h2*3-6,8-12H,1-2,7H2/t3-,4+,5+,6-;3-,4-,5+,6+/m01/s1. The Kier molecular flexibility index (Phi) is 14.8. The van der Waals surface area contributed by atoms with E-state index in [0.29, 0.717) is 0 Å². The lowest BCUT2D eigenvalue weighted by molar-refractivity contribution is -0.112. The summed E-state index contributed by atoms with van der Waals surface area (Å²) in [7, 11) is 0. The fourth-order valence-electron chi connectivity index (χ4n) is 1.41. The van der Waals surface area contributed by atoms with Crippen LogP contribution in [0.1, 0.15) is 0 Å². The molecule has 0 saturated heterocycles. The Balaban J connectivity index is 0. The highest BCUT2D eigenvalue weighted by Gasteiger charge is 2.29. The Morgan fingerprint density at radius 2 is 0.667 bits per heavy atom. The molecule has 0 heterocycles. The largest absolute Gasteiger partial charge is 0.394 e. The molecule has 0 fully saturated rings. The number of aliphatic hydroxyl groups excluding tert-OH is 10. The zero-order chi connectivity index (χ0) is 19.4. The third kappa shape index (κ3) is 9.12. The molecule has 0 aromatic carbocycles. The van der Waals surface area contributed by atoms with Gasteiger partial charge in [0.15, 0.2) is 0 Å². The van der Waals surface area contributed by atoms with Gasteiger partial charge in [0.05, 0.1) is 25.4 Å². The molecule has 0 aromatic rings. The quantitative estimate of drug-likeness (QED) is 0.173. The third-order valence-corrected chi connectivity index (χ3v) is 3.13. The fourth-order valence-corrected chi connectivity index (χ4v) is 1.41. The van der Waals surface area contributed by atoms with Crippen molar-refractivity contribution in [2.24, 2.45) is 11.5 Å². The summed E-state index contributed by atoms with van der Waals surface area (Å²) in [5.41, 5.74) is 9.97. The highest BCUT2D eigenvalue weighted by atomic mass is 16.4. The van der Waals surface area contributed by atoms with Gasteiger partial charge in [-0.2, -0.15) is 0 Å². The van der Waals surface area contributed by atoms with Gasteiger partial charge in [-0.1, -0.05) is 0 Å². The first kappa shape index (κ1) is 25.8. The monoisotopic (exact) mass is 362 g/mol. The molecule has 8 atom stereocenters. The molecule has 0 spiro atoms. The van der Waals surface area contributed by atoms with Gasteiger partial charge in [0.1, 0.15) is 36.6 Å². The van der Waals surface area contributed by atoms with Crippen LogP contribution in [0.25, 0.3) is 0 Å². The van der Waals surface area contributed by atoms with E-state index in [-0.39, 0.29) is 13.1 Å². The maximum absolute atomic E-state index is 9.04. The summed E-state index contributed by atoms with van der Waals surface area (Å²) in [6.07, 6.45) is -11.8. The second-order valence-corrected chi connectivity index (χ2v) is 5.07. The van der Waals surface area contributed by atoms with Crippen molar-refractivity contribution in [1.29, 1.82) is 0 Å². The number of aliphatic hydroxyl groups is 10. The van der Waals surface area contributed by atoms with E-state index in [4.69, 9.17) is 62.5 Å². The average Bonchev–Trinajstić information content (AvgIpc) is 2.62. The Hall–Kier alpha value is -0.480. The molecule has 14 N–H and O–H groups in total. The summed E-state index contributed by atoms with van der Waals surface area (Å²) >= 11 is 0. The third-order valence-electron chi connectivity index (χ3n) is 3.13. The van der Waals surface area contributed by atoms with Crippen molar-refractivity contribution in [2.75, 3.05) is 26.3 Å². The minimum absolute atomic E-state index is 0.226. The van der Waals surface area contributed by atoms with Gasteiger partial charge in [-0.3, -0.25) is 0 Å². The molecule has 0 unspecified atom stereocenters. The summed E-state index contributed by atoms with van der Waals surface area (Å²) in [6, 6.07) is 0. The van der Waals surface area contributed by atoms with Crippen molar-refractivity contribution < 1.29 is 51.1 Å². The summed E-state index contributed by atoms with van der Waals surface area (Å²) in [5.74, 6) is 0. The Bertz CT molecular complexity index is 245. The number of hydrogen-bond donors (Lipinski definition) is 12. The van der Waals surface area contributed by atoms with Gasteiger partial charge in [0.2, 0.25) is 0 Å². The number of hydrogen-bond acceptors (Lipinski definition) is 12. The number of rotatable bonds is 10. The molecular formula is C12H30N2O10. The van der Waals surface area contributed by atoms with Crippen LogP contribution in [0.3, 0.4) is 0 Å². The van der Waals surface area contributed by atoms with Crippen LogP contribution >= 0.6 is 0 Å². The van der Waals surface area contributed by atoms with Crippen molar-refractivity contribution >= 4 is 0 Å². The van der Waals surface area contributed by atoms with Gasteiger partial charge in [0, 0.05) is 13.1 Å². The molecule has 12 nitrogen and oxygen atoms in total. The van der Waals surface area contributed by atoms with E-state index in [1.165, 1.54) is 0 Å². The van der Waals surface area contributed by atoms with Gasteiger partial charge in [-0.25, -0.2) is 0 Å². The topological polar surface area (TPSA) is 254 Å². The molecule has 148 valence electrons. The zero-order valence-electron chi connectivity index (χ0n) is 13.1. The van der Waals surface area contributed by atoms with E-state index in [1.54, 1.807) is 0 Å². The molecular weight excluding hydrogens is 332 g/mol. The van der Waals surface area contributed by atoms with Gasteiger partial charge in [-0.05, 0) is 0 Å². The lowest BCUT2D eigenvalue weighted by Gasteiger charge is -2.24. The Labute approximate surface area is 138 Å². The molecule has 0 rings (SSSR count). The van der Waals surface area contributed by atoms with Crippen LogP contribution in [0.15, 0.2) is 0 Å². The molecule has 0 aliphatic rings. The summed E-state index contributed by atoms with van der Waals surface area (Å²) in [6.45, 7) is -1.82. The van der Waals surface area contributed by atoms with Crippen LogP contribution in [-0.4, -0.2) is 126 Å². The normalized spacial score (nSPS) is 21.5. The summed E-state index contributed by atoms with van der Waals surface area (Å²) < 4.78 is 0. The summed E-state index contributed by atoms with van der Waals surface area (Å²) in [4.78, 5) is 0.